The van der Waals surface area contributed by atoms with Crippen molar-refractivity contribution in [2.24, 2.45) is 5.73 Å². The molecule has 1 atom stereocenters. The Morgan fingerprint density at radius 1 is 1.24 bits per heavy atom. The van der Waals surface area contributed by atoms with Gasteiger partial charge in [-0.05, 0) is 29.6 Å². The van der Waals surface area contributed by atoms with Gasteiger partial charge in [-0.2, -0.15) is 0 Å². The SMILES string of the molecule is COc1ccc(OC)c([C@@H](CN)S(=O)(=O)c2cccs2)c1. The number of benzene rings is 1. The summed E-state index contributed by atoms with van der Waals surface area (Å²) < 4.78 is 36.2. The molecule has 0 fully saturated rings. The zero-order valence-electron chi connectivity index (χ0n) is 11.8. The first-order valence-electron chi connectivity index (χ1n) is 6.24. The average Bonchev–Trinajstić information content (AvgIpc) is 3.02. The van der Waals surface area contributed by atoms with Crippen molar-refractivity contribution in [1.29, 1.82) is 0 Å². The lowest BCUT2D eigenvalue weighted by Crippen LogP contribution is -2.22. The highest BCUT2D eigenvalue weighted by molar-refractivity contribution is 7.93. The molecular formula is C14H17NO4S2. The molecule has 0 bridgehead atoms. The molecule has 0 aliphatic carbocycles. The summed E-state index contributed by atoms with van der Waals surface area (Å²) in [6, 6.07) is 8.33. The summed E-state index contributed by atoms with van der Waals surface area (Å²) in [6.07, 6.45) is 0. The quantitative estimate of drug-likeness (QED) is 0.880. The number of sulfone groups is 1. The Kier molecular flexibility index (Phi) is 4.87. The van der Waals surface area contributed by atoms with E-state index in [1.807, 2.05) is 0 Å². The van der Waals surface area contributed by atoms with Gasteiger partial charge in [0.15, 0.2) is 9.84 Å². The van der Waals surface area contributed by atoms with Gasteiger partial charge in [0, 0.05) is 12.1 Å². The first-order chi connectivity index (χ1) is 10.0. The van der Waals surface area contributed by atoms with Crippen LogP contribution in [0.4, 0.5) is 0 Å². The van der Waals surface area contributed by atoms with Gasteiger partial charge in [-0.15, -0.1) is 11.3 Å². The fourth-order valence-electron chi connectivity index (χ4n) is 2.08. The Labute approximate surface area is 128 Å². The number of thiophene rings is 1. The molecule has 0 saturated carbocycles. The summed E-state index contributed by atoms with van der Waals surface area (Å²) >= 11 is 1.18. The molecule has 2 rings (SSSR count). The Morgan fingerprint density at radius 3 is 2.52 bits per heavy atom. The van der Waals surface area contributed by atoms with E-state index in [9.17, 15) is 8.42 Å². The fraction of sp³-hybridized carbons (Fsp3) is 0.286. The molecule has 21 heavy (non-hydrogen) atoms. The molecule has 0 amide bonds. The van der Waals surface area contributed by atoms with Crippen LogP contribution in [0.2, 0.25) is 0 Å². The number of methoxy groups -OCH3 is 2. The lowest BCUT2D eigenvalue weighted by atomic mass is 10.1. The Morgan fingerprint density at radius 2 is 2.00 bits per heavy atom. The maximum absolute atomic E-state index is 12.7. The van der Waals surface area contributed by atoms with Crippen LogP contribution < -0.4 is 15.2 Å². The van der Waals surface area contributed by atoms with Gasteiger partial charge in [0.05, 0.1) is 14.2 Å². The van der Waals surface area contributed by atoms with Gasteiger partial charge >= 0.3 is 0 Å². The maximum atomic E-state index is 12.7. The number of nitrogens with two attached hydrogens (primary N) is 1. The molecule has 0 spiro atoms. The second-order valence-corrected chi connectivity index (χ2v) is 7.61. The Hall–Kier alpha value is -1.57. The minimum absolute atomic E-state index is 0.0379. The molecular weight excluding hydrogens is 310 g/mol. The molecule has 1 heterocycles. The zero-order chi connectivity index (χ0) is 15.5. The van der Waals surface area contributed by atoms with Gasteiger partial charge in [-0.25, -0.2) is 8.42 Å². The van der Waals surface area contributed by atoms with Crippen LogP contribution in [0.1, 0.15) is 10.8 Å². The third-order valence-corrected chi connectivity index (χ3v) is 6.69. The average molecular weight is 327 g/mol. The molecule has 0 aliphatic rings. The van der Waals surface area contributed by atoms with E-state index in [1.165, 1.54) is 25.6 Å². The predicted molar refractivity (Wildman–Crippen MR) is 82.8 cm³/mol. The number of ether oxygens (including phenoxy) is 2. The fourth-order valence-corrected chi connectivity index (χ4v) is 4.90. The smallest absolute Gasteiger partial charge is 0.196 e. The van der Waals surface area contributed by atoms with Crippen molar-refractivity contribution in [3.63, 3.8) is 0 Å². The first kappa shape index (κ1) is 15.8. The largest absolute Gasteiger partial charge is 0.497 e. The van der Waals surface area contributed by atoms with E-state index >= 15 is 0 Å². The van der Waals surface area contributed by atoms with Crippen LogP contribution in [-0.4, -0.2) is 29.2 Å². The van der Waals surface area contributed by atoms with E-state index in [2.05, 4.69) is 0 Å². The predicted octanol–water partition coefficient (Wildman–Crippen LogP) is 2.24. The van der Waals surface area contributed by atoms with Gasteiger partial charge in [0.1, 0.15) is 21.0 Å². The molecule has 114 valence electrons. The van der Waals surface area contributed by atoms with E-state index in [4.69, 9.17) is 15.2 Å². The highest BCUT2D eigenvalue weighted by Gasteiger charge is 2.31. The highest BCUT2D eigenvalue weighted by Crippen LogP contribution is 2.37. The van der Waals surface area contributed by atoms with Crippen molar-refractivity contribution >= 4 is 21.2 Å². The van der Waals surface area contributed by atoms with Gasteiger partial charge in [-0.3, -0.25) is 0 Å². The third-order valence-electron chi connectivity index (χ3n) is 3.15. The van der Waals surface area contributed by atoms with Gasteiger partial charge in [0.25, 0.3) is 0 Å². The highest BCUT2D eigenvalue weighted by atomic mass is 32.2. The van der Waals surface area contributed by atoms with E-state index in [-0.39, 0.29) is 6.54 Å². The number of hydrogen-bond donors (Lipinski definition) is 1. The molecule has 7 heteroatoms. The van der Waals surface area contributed by atoms with Crippen LogP contribution >= 0.6 is 11.3 Å². The molecule has 5 nitrogen and oxygen atoms in total. The first-order valence-corrected chi connectivity index (χ1v) is 8.66. The molecule has 0 aliphatic heterocycles. The second-order valence-electron chi connectivity index (χ2n) is 4.31. The standard InChI is InChI=1S/C14H17NO4S2/c1-18-10-5-6-12(19-2)11(8-10)13(9-15)21(16,17)14-4-3-7-20-14/h3-8,13H,9,15H2,1-2H3/t13-/m1/s1. The second kappa shape index (κ2) is 6.46. The van der Waals surface area contributed by atoms with Crippen molar-refractivity contribution in [2.45, 2.75) is 9.46 Å². The molecule has 1 aromatic carbocycles. The third kappa shape index (κ3) is 3.04. The molecule has 1 aromatic heterocycles. The van der Waals surface area contributed by atoms with E-state index < -0.39 is 15.1 Å². The van der Waals surface area contributed by atoms with Crippen molar-refractivity contribution in [2.75, 3.05) is 20.8 Å². The van der Waals surface area contributed by atoms with E-state index in [1.54, 1.807) is 35.7 Å². The summed E-state index contributed by atoms with van der Waals surface area (Å²) in [6.45, 7) is -0.0379. The molecule has 0 unspecified atom stereocenters. The molecule has 0 saturated heterocycles. The van der Waals surface area contributed by atoms with Crippen molar-refractivity contribution in [1.82, 2.24) is 0 Å². The van der Waals surface area contributed by atoms with Crippen molar-refractivity contribution in [3.05, 3.63) is 41.3 Å². The van der Waals surface area contributed by atoms with Crippen LogP contribution in [0.15, 0.2) is 39.9 Å². The van der Waals surface area contributed by atoms with Crippen molar-refractivity contribution < 1.29 is 17.9 Å². The Bertz CT molecular complexity index is 696. The summed E-state index contributed by atoms with van der Waals surface area (Å²) in [5.41, 5.74) is 6.25. The van der Waals surface area contributed by atoms with Crippen LogP contribution in [0.5, 0.6) is 11.5 Å². The summed E-state index contributed by atoms with van der Waals surface area (Å²) in [7, 11) is -0.539. The van der Waals surface area contributed by atoms with E-state index in [0.717, 1.165) is 0 Å². The zero-order valence-corrected chi connectivity index (χ0v) is 13.4. The normalized spacial score (nSPS) is 12.9. The van der Waals surface area contributed by atoms with Gasteiger partial charge in [-0.1, -0.05) is 6.07 Å². The lowest BCUT2D eigenvalue weighted by molar-refractivity contribution is 0.398. The summed E-state index contributed by atoms with van der Waals surface area (Å²) in [5, 5.41) is 0.852. The maximum Gasteiger partial charge on any atom is 0.196 e. The minimum atomic E-state index is -3.56. The van der Waals surface area contributed by atoms with Crippen LogP contribution in [-0.2, 0) is 9.84 Å². The van der Waals surface area contributed by atoms with Crippen LogP contribution in [0.25, 0.3) is 0 Å². The minimum Gasteiger partial charge on any atom is -0.497 e. The van der Waals surface area contributed by atoms with Gasteiger partial charge < -0.3 is 15.2 Å². The van der Waals surface area contributed by atoms with Gasteiger partial charge in [0.2, 0.25) is 0 Å². The Balaban J connectivity index is 2.56. The molecule has 2 N–H and O–H groups in total. The monoisotopic (exact) mass is 327 g/mol. The van der Waals surface area contributed by atoms with E-state index in [0.29, 0.717) is 21.3 Å². The van der Waals surface area contributed by atoms with Crippen LogP contribution in [0.3, 0.4) is 0 Å². The summed E-state index contributed by atoms with van der Waals surface area (Å²) in [4.78, 5) is 0. The number of rotatable bonds is 6. The summed E-state index contributed by atoms with van der Waals surface area (Å²) in [5.74, 6) is 1.04. The van der Waals surface area contributed by atoms with Crippen LogP contribution in [0, 0.1) is 0 Å². The topological polar surface area (TPSA) is 78.6 Å². The lowest BCUT2D eigenvalue weighted by Gasteiger charge is -2.19. The molecule has 0 radical (unpaired) electrons. The number of hydrogen-bond acceptors (Lipinski definition) is 6. The van der Waals surface area contributed by atoms with Crippen molar-refractivity contribution in [3.8, 4) is 11.5 Å². The molecule has 2 aromatic rings.